The third-order valence-corrected chi connectivity index (χ3v) is 10.3. The van der Waals surface area contributed by atoms with Crippen LogP contribution in [0.1, 0.15) is 55.8 Å². The number of benzene rings is 1. The average Bonchev–Trinajstić information content (AvgIpc) is 3.24. The summed E-state index contributed by atoms with van der Waals surface area (Å²) in [5, 5.41) is 48.9. The van der Waals surface area contributed by atoms with Crippen LogP contribution in [0.15, 0.2) is 16.9 Å². The number of Topliss-reactive ketones (excluding diaryl/α,β-unsaturated/α-hetero) is 2. The Balaban J connectivity index is 1.55. The lowest BCUT2D eigenvalue weighted by Crippen LogP contribution is -2.65. The highest BCUT2D eigenvalue weighted by atomic mass is 19.1. The molecule has 6 rings (SSSR count). The number of phenolic OH excluding ortho intramolecular Hbond substituents is 1. The molecular formula is C30H37FN4O7. The summed E-state index contributed by atoms with van der Waals surface area (Å²) >= 11 is 0. The van der Waals surface area contributed by atoms with E-state index in [-0.39, 0.29) is 52.4 Å². The third kappa shape index (κ3) is 3.45. The Bertz CT molecular complexity index is 1520. The zero-order valence-electron chi connectivity index (χ0n) is 24.1. The van der Waals surface area contributed by atoms with Crippen molar-refractivity contribution in [3.05, 3.63) is 39.4 Å². The van der Waals surface area contributed by atoms with Crippen molar-refractivity contribution < 1.29 is 39.2 Å². The number of likely N-dealkylation sites (N-methyl/N-ethyl adjacent to an activating group) is 1. The Kier molecular flexibility index (Phi) is 6.31. The molecule has 226 valence electrons. The van der Waals surface area contributed by atoms with Crippen molar-refractivity contribution in [1.82, 2.24) is 9.80 Å². The molecule has 2 heterocycles. The molecular weight excluding hydrogens is 547 g/mol. The zero-order valence-corrected chi connectivity index (χ0v) is 24.1. The predicted octanol–water partition coefficient (Wildman–Crippen LogP) is 1.69. The quantitative estimate of drug-likeness (QED) is 0.226. The van der Waals surface area contributed by atoms with Gasteiger partial charge in [0.05, 0.1) is 17.3 Å². The number of halogens is 1. The van der Waals surface area contributed by atoms with Crippen LogP contribution < -0.4 is 11.1 Å². The summed E-state index contributed by atoms with van der Waals surface area (Å²) in [5.74, 6) is -8.11. The molecule has 5 aliphatic rings. The number of likely N-dealkylation sites (tertiary alicyclic amines) is 1. The number of primary amides is 1. The molecule has 7 N–H and O–H groups in total. The monoisotopic (exact) mass is 584 g/mol. The minimum atomic E-state index is -2.74. The number of nitrogens with one attached hydrogen (secondary N) is 1. The number of hydrogen-bond donors (Lipinski definition) is 6. The molecule has 1 aromatic rings. The number of carbonyl (C=O) groups is 3. The van der Waals surface area contributed by atoms with Gasteiger partial charge in [-0.1, -0.05) is 13.8 Å². The first-order valence-electron chi connectivity index (χ1n) is 14.4. The van der Waals surface area contributed by atoms with Gasteiger partial charge in [0.15, 0.2) is 11.4 Å². The topological polar surface area (TPSA) is 177 Å². The molecule has 0 radical (unpaired) electrons. The van der Waals surface area contributed by atoms with Gasteiger partial charge in [-0.05, 0) is 58.8 Å². The molecule has 2 aliphatic heterocycles. The molecule has 2 fully saturated rings. The third-order valence-electron chi connectivity index (χ3n) is 10.3. The summed E-state index contributed by atoms with van der Waals surface area (Å²) in [6.45, 7) is 6.17. The second-order valence-corrected chi connectivity index (χ2v) is 13.0. The summed E-state index contributed by atoms with van der Waals surface area (Å²) in [4.78, 5) is 43.1. The molecule has 12 heteroatoms. The van der Waals surface area contributed by atoms with E-state index in [1.807, 2.05) is 0 Å². The maximum Gasteiger partial charge on any atom is 0.255 e. The van der Waals surface area contributed by atoms with E-state index in [1.54, 1.807) is 0 Å². The zero-order chi connectivity index (χ0) is 30.6. The first-order valence-corrected chi connectivity index (χ1v) is 14.4. The Morgan fingerprint density at radius 3 is 2.55 bits per heavy atom. The highest BCUT2D eigenvalue weighted by Crippen LogP contribution is 2.59. The summed E-state index contributed by atoms with van der Waals surface area (Å²) in [7, 11) is 3.07. The number of carbonyl (C=O) groups excluding carboxylic acids is 3. The first kappa shape index (κ1) is 28.6. The molecule has 6 atom stereocenters. The first-order chi connectivity index (χ1) is 19.7. The Morgan fingerprint density at radius 1 is 1.24 bits per heavy atom. The Hall–Kier alpha value is -3.48. The molecule has 11 nitrogen and oxygen atoms in total. The highest BCUT2D eigenvalue weighted by Gasteiger charge is 2.64. The van der Waals surface area contributed by atoms with Gasteiger partial charge in [-0.2, -0.15) is 0 Å². The maximum atomic E-state index is 16.7. The average molecular weight is 585 g/mol. The fraction of sp³-hybridized carbons (Fsp3) is 0.567. The Labute approximate surface area is 242 Å². The number of anilines is 1. The number of hydrogen-bond acceptors (Lipinski definition) is 10. The Morgan fingerprint density at radius 2 is 1.93 bits per heavy atom. The number of nitrogens with two attached hydrogens (primary N) is 1. The van der Waals surface area contributed by atoms with E-state index in [1.165, 1.54) is 19.0 Å². The number of phenols is 1. The number of amides is 1. The summed E-state index contributed by atoms with van der Waals surface area (Å²) < 4.78 is 16.7. The van der Waals surface area contributed by atoms with Crippen LogP contribution in [0, 0.1) is 23.1 Å². The SMILES string of the molecule is CCCN1CC[C@@]2(C)CNc3c(O)c4c(c(F)c3[C@@H]12)C[C@H]1C[C@H]2[C@H](N(C)C)C(=O)C(C(N)=O)=C(O)[C@@]2(O)C(=O)C1=C4O. The second-order valence-electron chi connectivity index (χ2n) is 13.0. The molecule has 1 aromatic carbocycles. The molecule has 0 bridgehead atoms. The number of ketones is 2. The molecule has 0 aromatic heterocycles. The van der Waals surface area contributed by atoms with E-state index in [0.717, 1.165) is 25.9 Å². The van der Waals surface area contributed by atoms with Gasteiger partial charge in [0.25, 0.3) is 5.91 Å². The van der Waals surface area contributed by atoms with Crippen LogP contribution >= 0.6 is 0 Å². The maximum absolute atomic E-state index is 16.7. The predicted molar refractivity (Wildman–Crippen MR) is 150 cm³/mol. The van der Waals surface area contributed by atoms with Crippen molar-refractivity contribution in [3.63, 3.8) is 0 Å². The van der Waals surface area contributed by atoms with Crippen molar-refractivity contribution in [2.24, 2.45) is 23.0 Å². The molecule has 0 spiro atoms. The lowest BCUT2D eigenvalue weighted by Gasteiger charge is -2.50. The van der Waals surface area contributed by atoms with Crippen molar-refractivity contribution in [2.75, 3.05) is 39.0 Å². The summed E-state index contributed by atoms with van der Waals surface area (Å²) in [5.41, 5.74) is 1.51. The fourth-order valence-corrected chi connectivity index (χ4v) is 8.43. The highest BCUT2D eigenvalue weighted by molar-refractivity contribution is 6.24. The van der Waals surface area contributed by atoms with Crippen molar-refractivity contribution >= 4 is 28.9 Å². The number of aromatic hydroxyl groups is 1. The lowest BCUT2D eigenvalue weighted by molar-refractivity contribution is -0.153. The van der Waals surface area contributed by atoms with Gasteiger partial charge in [0.2, 0.25) is 5.78 Å². The second kappa shape index (κ2) is 9.26. The summed E-state index contributed by atoms with van der Waals surface area (Å²) in [6.07, 6.45) is 1.54. The smallest absolute Gasteiger partial charge is 0.255 e. The van der Waals surface area contributed by atoms with Gasteiger partial charge < -0.3 is 31.5 Å². The number of aliphatic hydroxyl groups excluding tert-OH is 2. The molecule has 3 aliphatic carbocycles. The van der Waals surface area contributed by atoms with Crippen molar-refractivity contribution in [3.8, 4) is 5.75 Å². The lowest BCUT2D eigenvalue weighted by atomic mass is 9.57. The number of nitrogens with zero attached hydrogens (tertiary/aromatic N) is 2. The largest absolute Gasteiger partial charge is 0.508 e. The molecule has 0 unspecified atom stereocenters. The number of rotatable bonds is 4. The van der Waals surface area contributed by atoms with Gasteiger partial charge in [-0.15, -0.1) is 0 Å². The van der Waals surface area contributed by atoms with Crippen LogP contribution in [-0.2, 0) is 20.8 Å². The van der Waals surface area contributed by atoms with Gasteiger partial charge >= 0.3 is 0 Å². The van der Waals surface area contributed by atoms with E-state index < -0.39 is 63.9 Å². The van der Waals surface area contributed by atoms with E-state index in [0.29, 0.717) is 12.1 Å². The molecule has 1 saturated heterocycles. The van der Waals surface area contributed by atoms with Gasteiger partial charge in [0.1, 0.15) is 28.7 Å². The van der Waals surface area contributed by atoms with Crippen LogP contribution in [0.2, 0.25) is 0 Å². The molecule has 42 heavy (non-hydrogen) atoms. The van der Waals surface area contributed by atoms with Gasteiger partial charge in [-0.3, -0.25) is 24.2 Å². The van der Waals surface area contributed by atoms with E-state index in [9.17, 15) is 34.8 Å². The number of aliphatic hydroxyl groups is 3. The van der Waals surface area contributed by atoms with Gasteiger partial charge in [0, 0.05) is 40.6 Å². The summed E-state index contributed by atoms with van der Waals surface area (Å²) in [6, 6.07) is -1.49. The minimum absolute atomic E-state index is 0.0614. The van der Waals surface area contributed by atoms with Crippen molar-refractivity contribution in [1.29, 1.82) is 0 Å². The van der Waals surface area contributed by atoms with E-state index >= 15 is 4.39 Å². The fourth-order valence-electron chi connectivity index (χ4n) is 8.43. The van der Waals surface area contributed by atoms with Crippen LogP contribution in [0.25, 0.3) is 5.76 Å². The molecule has 1 saturated carbocycles. The van der Waals surface area contributed by atoms with Gasteiger partial charge in [-0.25, -0.2) is 4.39 Å². The normalized spacial score (nSPS) is 34.1. The van der Waals surface area contributed by atoms with E-state index in [4.69, 9.17) is 5.73 Å². The van der Waals surface area contributed by atoms with E-state index in [2.05, 4.69) is 24.1 Å². The van der Waals surface area contributed by atoms with Crippen LogP contribution in [0.3, 0.4) is 0 Å². The van der Waals surface area contributed by atoms with Crippen LogP contribution in [-0.4, -0.2) is 93.1 Å². The van der Waals surface area contributed by atoms with Crippen LogP contribution in [0.5, 0.6) is 5.75 Å². The molecule has 1 amide bonds. The van der Waals surface area contributed by atoms with Crippen molar-refractivity contribution in [2.45, 2.75) is 57.2 Å². The van der Waals surface area contributed by atoms with Crippen LogP contribution in [0.4, 0.5) is 10.1 Å². The standard InChI is InChI=1S/C30H37FN4O7/c1-5-7-35-8-6-29(2)11-33-20-17(25(29)35)19(31)13-9-12-10-14-21(34(3)4)24(38)18(28(32)41)27(40)30(14,42)26(39)15(12)22(36)16(13)23(20)37/h12,14,21,25,33,36-37,40,42H,5-11H2,1-4H3,(H2,32,41)/t12-,14-,21-,25+,29-,30-/m0/s1. The minimum Gasteiger partial charge on any atom is -0.508 e. The number of fused-ring (bicyclic) bond motifs is 6.